The van der Waals surface area contributed by atoms with Crippen molar-refractivity contribution in [3.8, 4) is 0 Å². The van der Waals surface area contributed by atoms with E-state index in [1.54, 1.807) is 0 Å². The van der Waals surface area contributed by atoms with Crippen LogP contribution in [0.2, 0.25) is 0 Å². The van der Waals surface area contributed by atoms with E-state index in [0.29, 0.717) is 0 Å². The molecule has 6 aromatic carbocycles. The van der Waals surface area contributed by atoms with Crippen LogP contribution in [0.4, 0.5) is 39.5 Å². The maximum absolute atomic E-state index is 10.5. The van der Waals surface area contributed by atoms with Crippen molar-refractivity contribution in [3.63, 3.8) is 0 Å². The summed E-state index contributed by atoms with van der Waals surface area (Å²) in [5.41, 5.74) is 0. The molecule has 0 N–H and O–H groups in total. The molecule has 0 radical (unpaired) electrons. The molecule has 0 fully saturated rings. The number of hydrogen-bond donors (Lipinski definition) is 0. The molecule has 0 spiro atoms. The SMILES string of the molecule is C=O.O=C([O-])C(F)(F)F.O=C([O-])C(F)(F)F.O=C([O-])C(F)(F)F.[Rh+3].c1ccc(P(c2ccccc2)c2ccccc2)cc1.c1ccc(P(c2ccccc2)c2ccccc2)cc1. The van der Waals surface area contributed by atoms with Crippen molar-refractivity contribution in [1.82, 2.24) is 0 Å². The topological polar surface area (TPSA) is 137 Å². The van der Waals surface area contributed by atoms with Crippen molar-refractivity contribution < 1.29 is 93.5 Å². The molecule has 0 aromatic heterocycles. The van der Waals surface area contributed by atoms with Crippen molar-refractivity contribution in [3.05, 3.63) is 182 Å². The number of hydrogen-bond acceptors (Lipinski definition) is 7. The van der Waals surface area contributed by atoms with Gasteiger partial charge < -0.3 is 34.5 Å². The molecule has 0 aliphatic heterocycles. The number of aliphatic carboxylic acids is 3. The minimum Gasteiger partial charge on any atom is -0.542 e. The molecule has 7 nitrogen and oxygen atoms in total. The smallest absolute Gasteiger partial charge is 0.542 e. The first kappa shape index (κ1) is 56.3. The van der Waals surface area contributed by atoms with Crippen LogP contribution < -0.4 is 47.1 Å². The number of alkyl halides is 9. The van der Waals surface area contributed by atoms with Gasteiger partial charge in [0.15, 0.2) is 0 Å². The van der Waals surface area contributed by atoms with E-state index in [9.17, 15) is 39.5 Å². The molecular weight excluding hydrogens is 964 g/mol. The normalized spacial score (nSPS) is 10.4. The van der Waals surface area contributed by atoms with Crippen LogP contribution >= 0.6 is 15.8 Å². The van der Waals surface area contributed by atoms with Crippen molar-refractivity contribution in [2.75, 3.05) is 0 Å². The number of carboxylic acids is 3. The van der Waals surface area contributed by atoms with Gasteiger partial charge in [0.05, 0.1) is 0 Å². The standard InChI is InChI=1S/2C18H15P.3C2HF3O2.CH2O.Rh/c2*1-4-10-16(11-5-1)19(17-12-6-2-7-13-17)18-14-8-3-9-15-18;3*3-2(4,5)1(6)7;1-2;/h2*1-15H;3*(H,6,7);1H2;/q;;;;;;+3/p-3. The Morgan fingerprint density at radius 3 is 0.500 bits per heavy atom. The Bertz CT molecular complexity index is 1770. The molecule has 62 heavy (non-hydrogen) atoms. The first-order valence-corrected chi connectivity index (χ1v) is 19.5. The summed E-state index contributed by atoms with van der Waals surface area (Å²) in [6.07, 6.45) is -15.6. The quantitative estimate of drug-likeness (QED) is 0.135. The molecule has 0 amide bonds. The monoisotopic (exact) mass is 996 g/mol. The molecule has 0 atom stereocenters. The van der Waals surface area contributed by atoms with Gasteiger partial charge in [-0.15, -0.1) is 0 Å². The number of carbonyl (C=O) groups excluding carboxylic acids is 4. The Hall–Kier alpha value is -5.75. The summed E-state index contributed by atoms with van der Waals surface area (Å²) < 4.78 is 94.6. The third-order valence-corrected chi connectivity index (χ3v) is 11.7. The molecule has 0 saturated heterocycles. The fourth-order valence-corrected chi connectivity index (χ4v) is 8.97. The molecule has 0 unspecified atom stereocenters. The molecule has 0 bridgehead atoms. The predicted octanol–water partition coefficient (Wildman–Crippen LogP) is 4.60. The Morgan fingerprint density at radius 2 is 0.419 bits per heavy atom. The number of rotatable bonds is 6. The van der Waals surface area contributed by atoms with Gasteiger partial charge in [-0.25, -0.2) is 0 Å². The first-order chi connectivity index (χ1) is 28.7. The van der Waals surface area contributed by atoms with E-state index in [1.165, 1.54) is 31.8 Å². The van der Waals surface area contributed by atoms with E-state index in [4.69, 9.17) is 34.5 Å². The van der Waals surface area contributed by atoms with E-state index in [0.717, 1.165) is 0 Å². The largest absolute Gasteiger partial charge is 3.00 e. The third kappa shape index (κ3) is 21.7. The summed E-state index contributed by atoms with van der Waals surface area (Å²) in [6, 6.07) is 64.7. The minimum absolute atomic E-state index is 0. The number of carbonyl (C=O) groups is 4. The molecule has 0 saturated carbocycles. The Labute approximate surface area is 365 Å². The summed E-state index contributed by atoms with van der Waals surface area (Å²) in [5.74, 6) is -9.02. The first-order valence-electron chi connectivity index (χ1n) is 16.8. The summed E-state index contributed by atoms with van der Waals surface area (Å²) in [5, 5.41) is 34.7. The van der Waals surface area contributed by atoms with Crippen LogP contribution in [0.3, 0.4) is 0 Å². The molecule has 328 valence electrons. The van der Waals surface area contributed by atoms with Crippen LogP contribution in [-0.2, 0) is 38.7 Å². The van der Waals surface area contributed by atoms with Crippen LogP contribution in [0.5, 0.6) is 0 Å². The molecule has 6 aromatic rings. The van der Waals surface area contributed by atoms with Crippen LogP contribution in [0, 0.1) is 0 Å². The molecule has 0 aliphatic carbocycles. The van der Waals surface area contributed by atoms with E-state index in [-0.39, 0.29) is 19.5 Å². The average Bonchev–Trinajstić information content (AvgIpc) is 3.24. The van der Waals surface area contributed by atoms with Crippen LogP contribution in [0.25, 0.3) is 0 Å². The van der Waals surface area contributed by atoms with E-state index in [2.05, 4.69) is 182 Å². The van der Waals surface area contributed by atoms with Gasteiger partial charge in [0.1, 0.15) is 24.7 Å². The second-order valence-corrected chi connectivity index (χ2v) is 15.5. The fourth-order valence-electron chi connectivity index (χ4n) is 4.36. The van der Waals surface area contributed by atoms with E-state index in [1.807, 2.05) is 6.79 Å². The molecule has 0 heterocycles. The van der Waals surface area contributed by atoms with Gasteiger partial charge in [-0.2, -0.15) is 39.5 Å². The average molecular weight is 997 g/mol. The van der Waals surface area contributed by atoms with Gasteiger partial charge >= 0.3 is 38.0 Å². The van der Waals surface area contributed by atoms with E-state index >= 15 is 0 Å². The number of halogens is 9. The van der Waals surface area contributed by atoms with Crippen LogP contribution in [-0.4, -0.2) is 43.2 Å². The Kier molecular flexibility index (Phi) is 26.1. The van der Waals surface area contributed by atoms with Crippen molar-refractivity contribution in [2.24, 2.45) is 0 Å². The summed E-state index contributed by atoms with van der Waals surface area (Å²) in [4.78, 5) is 34.4. The number of benzene rings is 6. The van der Waals surface area contributed by atoms with Crippen LogP contribution in [0.1, 0.15) is 0 Å². The van der Waals surface area contributed by atoms with E-state index < -0.39 is 52.3 Å². The van der Waals surface area contributed by atoms with Crippen molar-refractivity contribution in [1.29, 1.82) is 0 Å². The summed E-state index contributed by atoms with van der Waals surface area (Å²) in [6.45, 7) is 2.00. The predicted molar refractivity (Wildman–Crippen MR) is 211 cm³/mol. The fraction of sp³-hybridized carbons (Fsp3) is 0.0698. The molecule has 6 rings (SSSR count). The Morgan fingerprint density at radius 1 is 0.323 bits per heavy atom. The summed E-state index contributed by atoms with van der Waals surface area (Å²) in [7, 11) is -0.892. The Balaban J connectivity index is 0.000000806. The zero-order chi connectivity index (χ0) is 46.1. The molecule has 19 heteroatoms. The van der Waals surface area contributed by atoms with Gasteiger partial charge in [-0.3, -0.25) is 0 Å². The van der Waals surface area contributed by atoms with Gasteiger partial charge in [-0.05, 0) is 47.7 Å². The maximum Gasteiger partial charge on any atom is 3.00 e. The molecular formula is C43H32F9O7P2Rh. The van der Waals surface area contributed by atoms with Crippen molar-refractivity contribution >= 4 is 72.4 Å². The number of carboxylic acid groups (broad SMARTS) is 3. The zero-order valence-corrected chi connectivity index (χ0v) is 34.9. The second kappa shape index (κ2) is 28.7. The van der Waals surface area contributed by atoms with Crippen molar-refractivity contribution in [2.45, 2.75) is 18.5 Å². The second-order valence-electron chi connectivity index (χ2n) is 11.0. The van der Waals surface area contributed by atoms with Gasteiger partial charge in [0.2, 0.25) is 0 Å². The van der Waals surface area contributed by atoms with Gasteiger partial charge in [0.25, 0.3) is 0 Å². The van der Waals surface area contributed by atoms with Crippen LogP contribution in [0.15, 0.2) is 182 Å². The molecule has 0 aliphatic rings. The maximum atomic E-state index is 10.5. The summed E-state index contributed by atoms with van der Waals surface area (Å²) >= 11 is 0. The van der Waals surface area contributed by atoms with Gasteiger partial charge in [-0.1, -0.05) is 182 Å². The van der Waals surface area contributed by atoms with Gasteiger partial charge in [0, 0.05) is 0 Å². The minimum atomic E-state index is -5.19. The third-order valence-electron chi connectivity index (χ3n) is 6.78. The zero-order valence-electron chi connectivity index (χ0n) is 31.5.